The van der Waals surface area contributed by atoms with Crippen molar-refractivity contribution in [2.75, 3.05) is 4.90 Å². The molecule has 3 unspecified atom stereocenters. The third-order valence-corrected chi connectivity index (χ3v) is 6.83. The molecule has 3 atom stereocenters. The van der Waals surface area contributed by atoms with E-state index in [0.29, 0.717) is 11.5 Å². The van der Waals surface area contributed by atoms with Gasteiger partial charge in [-0.25, -0.2) is 0 Å². The average Bonchev–Trinajstić information content (AvgIpc) is 3.09. The summed E-state index contributed by atoms with van der Waals surface area (Å²) >= 11 is 0. The summed E-state index contributed by atoms with van der Waals surface area (Å²) in [6, 6.07) is 9.32. The van der Waals surface area contributed by atoms with Crippen LogP contribution in [-0.4, -0.2) is 11.6 Å². The van der Waals surface area contributed by atoms with Crippen LogP contribution in [0.15, 0.2) is 53.1 Å². The van der Waals surface area contributed by atoms with Crippen molar-refractivity contribution < 1.29 is 0 Å². The van der Waals surface area contributed by atoms with Gasteiger partial charge in [0, 0.05) is 22.7 Å². The molecule has 0 spiro atoms. The van der Waals surface area contributed by atoms with Gasteiger partial charge >= 0.3 is 0 Å². The second kappa shape index (κ2) is 5.12. The third-order valence-electron chi connectivity index (χ3n) is 6.83. The van der Waals surface area contributed by atoms with Crippen LogP contribution in [0.4, 0.5) is 5.69 Å². The molecule has 4 rings (SSSR count). The lowest BCUT2D eigenvalue weighted by Gasteiger charge is -2.42. The molecule has 126 valence electrons. The fourth-order valence-electron chi connectivity index (χ4n) is 5.30. The Balaban J connectivity index is 1.76. The average molecular weight is 319 g/mol. The number of hydrogen-bond acceptors (Lipinski definition) is 1. The van der Waals surface area contributed by atoms with Crippen LogP contribution >= 0.6 is 0 Å². The maximum Gasteiger partial charge on any atom is 0.0481 e. The van der Waals surface area contributed by atoms with Gasteiger partial charge < -0.3 is 4.90 Å². The first kappa shape index (κ1) is 15.7. The molecule has 1 fully saturated rings. The van der Waals surface area contributed by atoms with Crippen LogP contribution in [0.5, 0.6) is 0 Å². The highest BCUT2D eigenvalue weighted by Gasteiger charge is 2.66. The zero-order valence-corrected chi connectivity index (χ0v) is 15.7. The van der Waals surface area contributed by atoms with Crippen LogP contribution in [0.1, 0.15) is 59.4 Å². The lowest BCUT2D eigenvalue weighted by molar-refractivity contribution is 0.470. The van der Waals surface area contributed by atoms with E-state index in [1.165, 1.54) is 41.7 Å². The molecule has 0 N–H and O–H groups in total. The van der Waals surface area contributed by atoms with Gasteiger partial charge in [0.05, 0.1) is 0 Å². The van der Waals surface area contributed by atoms with E-state index in [2.05, 4.69) is 82.0 Å². The second-order valence-corrected chi connectivity index (χ2v) is 8.46. The highest BCUT2D eigenvalue weighted by Crippen LogP contribution is 2.67. The molecule has 1 aromatic carbocycles. The molecule has 1 aromatic rings. The quantitative estimate of drug-likeness (QED) is 0.633. The van der Waals surface area contributed by atoms with E-state index in [-0.39, 0.29) is 5.54 Å². The second-order valence-electron chi connectivity index (χ2n) is 8.46. The molecule has 1 nitrogen and oxygen atoms in total. The predicted octanol–water partition coefficient (Wildman–Crippen LogP) is 6.13. The van der Waals surface area contributed by atoms with Crippen LogP contribution in [0.3, 0.4) is 0 Å². The fourth-order valence-corrected chi connectivity index (χ4v) is 5.30. The third kappa shape index (κ3) is 2.06. The molecule has 24 heavy (non-hydrogen) atoms. The molecule has 0 amide bonds. The first-order chi connectivity index (χ1) is 11.4. The minimum absolute atomic E-state index is 0.211. The predicted molar refractivity (Wildman–Crippen MR) is 104 cm³/mol. The molecule has 0 bridgehead atoms. The SMILES string of the molecule is CC1=CC(C)=C(C2(C)CC2(C)N2c3ccccc3C=CC2C)CC1. The van der Waals surface area contributed by atoms with Crippen molar-refractivity contribution in [3.63, 3.8) is 0 Å². The van der Waals surface area contributed by atoms with Crippen molar-refractivity contribution in [1.29, 1.82) is 0 Å². The first-order valence-corrected chi connectivity index (χ1v) is 9.31. The summed E-state index contributed by atoms with van der Waals surface area (Å²) < 4.78 is 0. The Bertz CT molecular complexity index is 781. The number of hydrogen-bond donors (Lipinski definition) is 0. The minimum atomic E-state index is 0.211. The zero-order valence-electron chi connectivity index (χ0n) is 15.7. The van der Waals surface area contributed by atoms with Crippen LogP contribution in [0, 0.1) is 5.41 Å². The Labute approximate surface area is 146 Å². The normalized spacial score (nSPS) is 35.0. The first-order valence-electron chi connectivity index (χ1n) is 9.31. The van der Waals surface area contributed by atoms with E-state index in [4.69, 9.17) is 0 Å². The summed E-state index contributed by atoms with van der Waals surface area (Å²) in [4.78, 5) is 2.69. The van der Waals surface area contributed by atoms with Gasteiger partial charge in [-0.2, -0.15) is 0 Å². The van der Waals surface area contributed by atoms with Crippen molar-refractivity contribution in [2.24, 2.45) is 5.41 Å². The zero-order chi connectivity index (χ0) is 17.1. The van der Waals surface area contributed by atoms with E-state index >= 15 is 0 Å². The molecule has 0 radical (unpaired) electrons. The van der Waals surface area contributed by atoms with Gasteiger partial charge in [-0.15, -0.1) is 0 Å². The molecular weight excluding hydrogens is 290 g/mol. The molecular formula is C23H29N. The summed E-state index contributed by atoms with van der Waals surface area (Å²) in [6.07, 6.45) is 10.8. The molecule has 3 aliphatic rings. The van der Waals surface area contributed by atoms with Crippen LogP contribution in [0.25, 0.3) is 6.08 Å². The Kier molecular flexibility index (Phi) is 3.36. The molecule has 0 aromatic heterocycles. The number of para-hydroxylation sites is 1. The van der Waals surface area contributed by atoms with Crippen molar-refractivity contribution in [1.82, 2.24) is 0 Å². The smallest absolute Gasteiger partial charge is 0.0481 e. The summed E-state index contributed by atoms with van der Waals surface area (Å²) in [7, 11) is 0. The van der Waals surface area contributed by atoms with Crippen LogP contribution in [-0.2, 0) is 0 Å². The van der Waals surface area contributed by atoms with Gasteiger partial charge in [0.15, 0.2) is 0 Å². The topological polar surface area (TPSA) is 3.24 Å². The van der Waals surface area contributed by atoms with E-state index in [9.17, 15) is 0 Å². The van der Waals surface area contributed by atoms with Gasteiger partial charge in [0.2, 0.25) is 0 Å². The van der Waals surface area contributed by atoms with E-state index < -0.39 is 0 Å². The van der Waals surface area contributed by atoms with E-state index in [1.807, 2.05) is 0 Å². The lowest BCUT2D eigenvalue weighted by Crippen LogP contribution is -2.46. The maximum absolute atomic E-state index is 2.69. The number of benzene rings is 1. The standard InChI is InChI=1S/C23H29N/c1-16-10-13-20(17(2)14-16)22(4)15-23(22,5)24-18(3)11-12-19-8-6-7-9-21(19)24/h6-9,11-12,14,18H,10,13,15H2,1-5H3. The highest BCUT2D eigenvalue weighted by atomic mass is 15.3. The largest absolute Gasteiger partial charge is 0.359 e. The van der Waals surface area contributed by atoms with Gasteiger partial charge in [0.25, 0.3) is 0 Å². The monoisotopic (exact) mass is 319 g/mol. The van der Waals surface area contributed by atoms with Gasteiger partial charge in [-0.1, -0.05) is 60.1 Å². The maximum atomic E-state index is 2.69. The number of fused-ring (bicyclic) bond motifs is 1. The lowest BCUT2D eigenvalue weighted by atomic mass is 9.81. The van der Waals surface area contributed by atoms with Crippen molar-refractivity contribution in [3.8, 4) is 0 Å². The number of nitrogens with zero attached hydrogens (tertiary/aromatic N) is 1. The molecule has 2 aliphatic carbocycles. The fraction of sp³-hybridized carbons (Fsp3) is 0.478. The summed E-state index contributed by atoms with van der Waals surface area (Å²) in [5.74, 6) is 0. The van der Waals surface area contributed by atoms with Gasteiger partial charge in [0.1, 0.15) is 0 Å². The van der Waals surface area contributed by atoms with E-state index in [1.54, 1.807) is 5.57 Å². The van der Waals surface area contributed by atoms with Gasteiger partial charge in [-0.3, -0.25) is 0 Å². The van der Waals surface area contributed by atoms with Crippen molar-refractivity contribution in [3.05, 3.63) is 58.7 Å². The summed E-state index contributed by atoms with van der Waals surface area (Å²) in [5, 5.41) is 0. The molecule has 0 saturated heterocycles. The Hall–Kier alpha value is -1.76. The number of allylic oxidation sites excluding steroid dienone is 3. The Morgan fingerprint density at radius 3 is 2.58 bits per heavy atom. The van der Waals surface area contributed by atoms with E-state index in [0.717, 1.165) is 0 Å². The highest BCUT2D eigenvalue weighted by molar-refractivity contribution is 5.74. The Morgan fingerprint density at radius 2 is 1.83 bits per heavy atom. The van der Waals surface area contributed by atoms with Crippen molar-refractivity contribution >= 4 is 11.8 Å². The number of rotatable bonds is 2. The molecule has 1 heterocycles. The number of anilines is 1. The Morgan fingerprint density at radius 1 is 1.08 bits per heavy atom. The van der Waals surface area contributed by atoms with Crippen LogP contribution < -0.4 is 4.90 Å². The summed E-state index contributed by atoms with van der Waals surface area (Å²) in [5.41, 5.74) is 8.00. The molecule has 1 saturated carbocycles. The van der Waals surface area contributed by atoms with Gasteiger partial charge in [-0.05, 0) is 58.6 Å². The summed E-state index contributed by atoms with van der Waals surface area (Å²) in [6.45, 7) is 11.9. The van der Waals surface area contributed by atoms with Crippen LogP contribution in [0.2, 0.25) is 0 Å². The van der Waals surface area contributed by atoms with Crippen molar-refractivity contribution in [2.45, 2.75) is 65.5 Å². The molecule has 1 aliphatic heterocycles. The minimum Gasteiger partial charge on any atom is -0.359 e. The molecule has 1 heteroatoms.